The van der Waals surface area contributed by atoms with Crippen molar-refractivity contribution < 1.29 is 27.4 Å². The van der Waals surface area contributed by atoms with Crippen molar-refractivity contribution >= 4 is 9.84 Å². The second-order valence-corrected chi connectivity index (χ2v) is 11.3. The van der Waals surface area contributed by atoms with Gasteiger partial charge in [-0.3, -0.25) is 0 Å². The van der Waals surface area contributed by atoms with Gasteiger partial charge in [-0.05, 0) is 97.1 Å². The van der Waals surface area contributed by atoms with Gasteiger partial charge in [0, 0.05) is 0 Å². The molecular weight excluding hydrogens is 560 g/mol. The summed E-state index contributed by atoms with van der Waals surface area (Å²) < 4.78 is 51.7. The fraction of sp³-hybridized carbons (Fsp3) is 0. The number of sulfone groups is 1. The lowest BCUT2D eigenvalue weighted by Gasteiger charge is -2.17. The van der Waals surface area contributed by atoms with Crippen molar-refractivity contribution in [1.29, 1.82) is 0 Å². The number of hydrogen-bond donors (Lipinski definition) is 0. The molecule has 6 aromatic carbocycles. The van der Waals surface area contributed by atoms with Crippen LogP contribution in [0.2, 0.25) is 0 Å². The maximum Gasteiger partial charge on any atom is 0.210 e. The SMILES string of the molecule is O=S(=O)(c1ccccc1)c1cccc(Oc2ccc(Oc3ccccc3)cc2)c1Oc1ccc(Oc2ccccc2)cc1. The predicted octanol–water partition coefficient (Wildman–Crippen LogP) is 9.69. The van der Waals surface area contributed by atoms with E-state index in [9.17, 15) is 8.42 Å². The van der Waals surface area contributed by atoms with Gasteiger partial charge in [-0.15, -0.1) is 0 Å². The quantitative estimate of drug-likeness (QED) is 0.159. The minimum Gasteiger partial charge on any atom is -0.457 e. The molecule has 0 fully saturated rings. The largest absolute Gasteiger partial charge is 0.457 e. The molecule has 0 radical (unpaired) electrons. The molecule has 212 valence electrons. The maximum absolute atomic E-state index is 13.8. The van der Waals surface area contributed by atoms with Gasteiger partial charge in [0.2, 0.25) is 9.84 Å². The average molecular weight is 587 g/mol. The van der Waals surface area contributed by atoms with E-state index in [1.807, 2.05) is 60.7 Å². The number of ether oxygens (including phenoxy) is 4. The smallest absolute Gasteiger partial charge is 0.210 e. The number of para-hydroxylation sites is 3. The van der Waals surface area contributed by atoms with Gasteiger partial charge in [0.1, 0.15) is 39.4 Å². The standard InChI is InChI=1S/C36H26O6S/c37-43(38,33-15-8-3-9-16-33)35-18-10-17-34(41-31-23-19-29(20-24-31)39-27-11-4-1-5-12-27)36(35)42-32-25-21-30(22-26-32)40-28-13-6-2-7-14-28/h1-26H. The third-order valence-corrected chi connectivity index (χ3v) is 8.13. The number of benzene rings is 6. The zero-order chi connectivity index (χ0) is 29.5. The minimum atomic E-state index is -3.94. The summed E-state index contributed by atoms with van der Waals surface area (Å²) in [7, 11) is -3.94. The van der Waals surface area contributed by atoms with Crippen molar-refractivity contribution in [3.63, 3.8) is 0 Å². The lowest BCUT2D eigenvalue weighted by molar-refractivity contribution is 0.407. The van der Waals surface area contributed by atoms with Gasteiger partial charge in [-0.2, -0.15) is 0 Å². The van der Waals surface area contributed by atoms with Crippen molar-refractivity contribution in [2.24, 2.45) is 0 Å². The van der Waals surface area contributed by atoms with E-state index in [0.717, 1.165) is 0 Å². The van der Waals surface area contributed by atoms with E-state index >= 15 is 0 Å². The Morgan fingerprint density at radius 1 is 0.349 bits per heavy atom. The van der Waals surface area contributed by atoms with Crippen LogP contribution in [0.1, 0.15) is 0 Å². The molecule has 0 N–H and O–H groups in total. The first-order chi connectivity index (χ1) is 21.0. The summed E-state index contributed by atoms with van der Waals surface area (Å²) >= 11 is 0. The summed E-state index contributed by atoms with van der Waals surface area (Å²) in [6, 6.07) is 45.9. The highest BCUT2D eigenvalue weighted by Gasteiger charge is 2.26. The van der Waals surface area contributed by atoms with Gasteiger partial charge in [-0.25, -0.2) is 8.42 Å². The molecule has 6 rings (SSSR count). The highest BCUT2D eigenvalue weighted by atomic mass is 32.2. The molecule has 6 nitrogen and oxygen atoms in total. The molecule has 43 heavy (non-hydrogen) atoms. The molecule has 0 aliphatic rings. The normalized spacial score (nSPS) is 11.0. The van der Waals surface area contributed by atoms with E-state index in [-0.39, 0.29) is 21.3 Å². The third kappa shape index (κ3) is 6.69. The summed E-state index contributed by atoms with van der Waals surface area (Å²) in [4.78, 5) is 0.121. The Balaban J connectivity index is 1.31. The van der Waals surface area contributed by atoms with Crippen LogP contribution in [0.5, 0.6) is 46.0 Å². The van der Waals surface area contributed by atoms with E-state index in [4.69, 9.17) is 18.9 Å². The van der Waals surface area contributed by atoms with Crippen LogP contribution >= 0.6 is 0 Å². The molecule has 0 saturated carbocycles. The van der Waals surface area contributed by atoms with Crippen LogP contribution < -0.4 is 18.9 Å². The zero-order valence-corrected chi connectivity index (χ0v) is 23.7. The summed E-state index contributed by atoms with van der Waals surface area (Å²) in [6.07, 6.45) is 0. The highest BCUT2D eigenvalue weighted by Crippen LogP contribution is 2.42. The van der Waals surface area contributed by atoms with Crippen LogP contribution in [-0.4, -0.2) is 8.42 Å². The molecule has 0 aromatic heterocycles. The number of hydrogen-bond acceptors (Lipinski definition) is 6. The topological polar surface area (TPSA) is 71.1 Å². The van der Waals surface area contributed by atoms with E-state index in [1.165, 1.54) is 6.07 Å². The van der Waals surface area contributed by atoms with Crippen molar-refractivity contribution in [3.05, 3.63) is 158 Å². The van der Waals surface area contributed by atoms with Gasteiger partial charge in [0.15, 0.2) is 11.5 Å². The first kappa shape index (κ1) is 27.6. The Morgan fingerprint density at radius 3 is 1.23 bits per heavy atom. The molecule has 0 bridgehead atoms. The van der Waals surface area contributed by atoms with Gasteiger partial charge < -0.3 is 18.9 Å². The zero-order valence-electron chi connectivity index (χ0n) is 22.9. The maximum atomic E-state index is 13.8. The summed E-state index contributed by atoms with van der Waals surface area (Å²) in [5.74, 6) is 3.84. The molecule has 0 amide bonds. The minimum absolute atomic E-state index is 0.0233. The fourth-order valence-corrected chi connectivity index (χ4v) is 5.67. The molecule has 0 aliphatic carbocycles. The lowest BCUT2D eigenvalue weighted by atomic mass is 10.3. The second-order valence-electron chi connectivity index (χ2n) is 9.38. The first-order valence-electron chi connectivity index (χ1n) is 13.5. The van der Waals surface area contributed by atoms with Crippen LogP contribution in [-0.2, 0) is 9.84 Å². The first-order valence-corrected chi connectivity index (χ1v) is 15.0. The van der Waals surface area contributed by atoms with Gasteiger partial charge in [0.25, 0.3) is 0 Å². The molecule has 6 aromatic rings. The van der Waals surface area contributed by atoms with Crippen LogP contribution in [0.25, 0.3) is 0 Å². The summed E-state index contributed by atoms with van der Waals surface area (Å²) in [5.41, 5.74) is 0. The van der Waals surface area contributed by atoms with Crippen LogP contribution in [0.3, 0.4) is 0 Å². The number of rotatable bonds is 10. The molecule has 0 atom stereocenters. The van der Waals surface area contributed by atoms with E-state index in [1.54, 1.807) is 91.0 Å². The van der Waals surface area contributed by atoms with Crippen LogP contribution in [0, 0.1) is 0 Å². The Kier molecular flexibility index (Phi) is 8.06. The van der Waals surface area contributed by atoms with Crippen molar-refractivity contribution in [3.8, 4) is 46.0 Å². The molecule has 0 aliphatic heterocycles. The van der Waals surface area contributed by atoms with E-state index in [0.29, 0.717) is 34.5 Å². The Morgan fingerprint density at radius 2 is 0.744 bits per heavy atom. The molecule has 0 heterocycles. The molecule has 0 spiro atoms. The monoisotopic (exact) mass is 586 g/mol. The van der Waals surface area contributed by atoms with Crippen LogP contribution in [0.15, 0.2) is 168 Å². The molecule has 0 saturated heterocycles. The lowest BCUT2D eigenvalue weighted by Crippen LogP contribution is -2.05. The molecular formula is C36H26O6S. The van der Waals surface area contributed by atoms with Crippen molar-refractivity contribution in [2.75, 3.05) is 0 Å². The van der Waals surface area contributed by atoms with E-state index in [2.05, 4.69) is 0 Å². The van der Waals surface area contributed by atoms with Gasteiger partial charge in [-0.1, -0.05) is 60.7 Å². The Bertz CT molecular complexity index is 1890. The average Bonchev–Trinajstić information content (AvgIpc) is 3.05. The van der Waals surface area contributed by atoms with Crippen molar-refractivity contribution in [2.45, 2.75) is 9.79 Å². The Labute approximate surface area is 250 Å². The summed E-state index contributed by atoms with van der Waals surface area (Å²) in [6.45, 7) is 0. The second kappa shape index (κ2) is 12.5. The highest BCUT2D eigenvalue weighted by molar-refractivity contribution is 7.91. The molecule has 0 unspecified atom stereocenters. The van der Waals surface area contributed by atoms with Crippen LogP contribution in [0.4, 0.5) is 0 Å². The van der Waals surface area contributed by atoms with Gasteiger partial charge in [0.05, 0.1) is 4.90 Å². The predicted molar refractivity (Wildman–Crippen MR) is 164 cm³/mol. The Hall–Kier alpha value is -5.53. The van der Waals surface area contributed by atoms with Gasteiger partial charge >= 0.3 is 0 Å². The summed E-state index contributed by atoms with van der Waals surface area (Å²) in [5, 5.41) is 0. The fourth-order valence-electron chi connectivity index (χ4n) is 4.26. The van der Waals surface area contributed by atoms with E-state index < -0.39 is 9.84 Å². The van der Waals surface area contributed by atoms with Crippen molar-refractivity contribution in [1.82, 2.24) is 0 Å². The third-order valence-electron chi connectivity index (χ3n) is 6.34. The molecule has 7 heteroatoms.